The topological polar surface area (TPSA) is 109 Å². The second-order valence-electron chi connectivity index (χ2n) is 5.21. The molecule has 0 bridgehead atoms. The zero-order valence-corrected chi connectivity index (χ0v) is 13.4. The molecule has 122 valence electrons. The van der Waals surface area contributed by atoms with Gasteiger partial charge < -0.3 is 10.2 Å². The van der Waals surface area contributed by atoms with E-state index in [1.54, 1.807) is 17.9 Å². The second-order valence-corrected chi connectivity index (χ2v) is 5.21. The molecule has 0 aliphatic heterocycles. The maximum atomic E-state index is 8.71. The minimum atomic E-state index is -0.157. The Morgan fingerprint density at radius 3 is 2.96 bits per heavy atom. The monoisotopic (exact) mass is 335 g/mol. The van der Waals surface area contributed by atoms with Crippen LogP contribution in [0.5, 0.6) is 0 Å². The van der Waals surface area contributed by atoms with Crippen molar-refractivity contribution in [2.45, 2.75) is 25.7 Å². The van der Waals surface area contributed by atoms with Crippen molar-refractivity contribution in [3.05, 3.63) is 53.2 Å². The van der Waals surface area contributed by atoms with Crippen LogP contribution in [0.4, 0.5) is 0 Å². The van der Waals surface area contributed by atoms with Crippen LogP contribution in [0.2, 0.25) is 0 Å². The predicted octanol–water partition coefficient (Wildman–Crippen LogP) is 2.13. The highest BCUT2D eigenvalue weighted by atomic mass is 35.5. The number of hydrogen-bond donors (Lipinski definition) is 3. The lowest BCUT2D eigenvalue weighted by Crippen LogP contribution is -2.28. The van der Waals surface area contributed by atoms with Crippen LogP contribution >= 0.6 is 12.4 Å². The van der Waals surface area contributed by atoms with Crippen molar-refractivity contribution >= 4 is 24.1 Å². The Morgan fingerprint density at radius 1 is 1.43 bits per heavy atom. The van der Waals surface area contributed by atoms with Crippen LogP contribution in [-0.2, 0) is 6.42 Å². The quantitative estimate of drug-likeness (QED) is 0.442. The van der Waals surface area contributed by atoms with Gasteiger partial charge in [-0.2, -0.15) is 5.10 Å². The van der Waals surface area contributed by atoms with Gasteiger partial charge >= 0.3 is 0 Å². The first kappa shape index (κ1) is 17.0. The summed E-state index contributed by atoms with van der Waals surface area (Å²) in [6, 6.07) is 5.77. The normalized spacial score (nSPS) is 19.1. The van der Waals surface area contributed by atoms with Gasteiger partial charge in [0.1, 0.15) is 5.76 Å². The van der Waals surface area contributed by atoms with E-state index in [2.05, 4.69) is 15.2 Å². The molecular weight excluding hydrogens is 318 g/mol. The Morgan fingerprint density at radius 2 is 2.26 bits per heavy atom. The van der Waals surface area contributed by atoms with Gasteiger partial charge in [0.25, 0.3) is 0 Å². The van der Waals surface area contributed by atoms with E-state index in [9.17, 15) is 0 Å². The van der Waals surface area contributed by atoms with Crippen molar-refractivity contribution in [3.63, 3.8) is 0 Å². The fourth-order valence-corrected chi connectivity index (χ4v) is 2.76. The fourth-order valence-electron chi connectivity index (χ4n) is 2.76. The van der Waals surface area contributed by atoms with E-state index in [1.165, 1.54) is 0 Å². The smallest absolute Gasteiger partial charge is 0.237 e. The van der Waals surface area contributed by atoms with Crippen molar-refractivity contribution in [1.29, 1.82) is 0 Å². The van der Waals surface area contributed by atoms with Gasteiger partial charge in [0, 0.05) is 30.5 Å². The van der Waals surface area contributed by atoms with E-state index in [4.69, 9.17) is 15.4 Å². The van der Waals surface area contributed by atoms with Gasteiger partial charge in [-0.3, -0.25) is 10.2 Å². The molecule has 2 heterocycles. The van der Waals surface area contributed by atoms with E-state index in [1.807, 2.05) is 25.1 Å². The van der Waals surface area contributed by atoms with Gasteiger partial charge in [-0.25, -0.2) is 5.48 Å². The van der Waals surface area contributed by atoms with Gasteiger partial charge in [0.05, 0.1) is 17.7 Å². The van der Waals surface area contributed by atoms with Crippen molar-refractivity contribution in [2.75, 3.05) is 0 Å². The number of guanidine groups is 1. The molecule has 0 fully saturated rings. The van der Waals surface area contributed by atoms with E-state index in [0.717, 1.165) is 34.7 Å². The van der Waals surface area contributed by atoms with Crippen LogP contribution in [0, 0.1) is 6.92 Å². The van der Waals surface area contributed by atoms with E-state index in [0.29, 0.717) is 6.42 Å². The Balaban J connectivity index is 0.00000192. The molecule has 7 nitrogen and oxygen atoms in total. The molecule has 1 aliphatic carbocycles. The van der Waals surface area contributed by atoms with Crippen molar-refractivity contribution in [1.82, 2.24) is 10.5 Å². The number of nitrogens with zero attached hydrogens (tertiary/aromatic N) is 3. The van der Waals surface area contributed by atoms with Gasteiger partial charge in [-0.1, -0.05) is 0 Å². The molecule has 2 aromatic heterocycles. The number of furan rings is 1. The number of nitrogens with two attached hydrogens (primary N) is 1. The molecular formula is C15H18ClN5O2. The van der Waals surface area contributed by atoms with E-state index < -0.39 is 0 Å². The standard InChI is InChI=1S/C15H17N5O2.ClH/c1-9-4-5-17-11-7-10(13-3-2-6-22-13)8-12(14(9)11)18-19-15(16)20-21;/h2-6,10,21H,7-8H2,1H3,(H3,16,19,20);1H. The van der Waals surface area contributed by atoms with Crippen LogP contribution < -0.4 is 11.2 Å². The lowest BCUT2D eigenvalue weighted by Gasteiger charge is -2.24. The Labute approximate surface area is 139 Å². The summed E-state index contributed by atoms with van der Waals surface area (Å²) in [5.74, 6) is 0.906. The van der Waals surface area contributed by atoms with Crippen LogP contribution in [0.3, 0.4) is 0 Å². The summed E-state index contributed by atoms with van der Waals surface area (Å²) in [7, 11) is 0. The molecule has 0 aromatic carbocycles. The number of hydroxylamine groups is 1. The van der Waals surface area contributed by atoms with Gasteiger partial charge in [0.2, 0.25) is 5.96 Å². The zero-order chi connectivity index (χ0) is 15.5. The van der Waals surface area contributed by atoms with Crippen molar-refractivity contribution in [2.24, 2.45) is 15.9 Å². The van der Waals surface area contributed by atoms with Gasteiger partial charge in [0.15, 0.2) is 0 Å². The highest BCUT2D eigenvalue weighted by Crippen LogP contribution is 2.33. The van der Waals surface area contributed by atoms with Crippen molar-refractivity contribution in [3.8, 4) is 0 Å². The molecule has 2 aromatic rings. The van der Waals surface area contributed by atoms with Gasteiger partial charge in [-0.15, -0.1) is 17.5 Å². The zero-order valence-electron chi connectivity index (χ0n) is 12.6. The van der Waals surface area contributed by atoms with Crippen LogP contribution in [0.1, 0.15) is 34.9 Å². The minimum Gasteiger partial charge on any atom is -0.469 e. The van der Waals surface area contributed by atoms with Crippen LogP contribution in [-0.4, -0.2) is 21.9 Å². The molecule has 1 unspecified atom stereocenters. The average Bonchev–Trinajstić information content (AvgIpc) is 3.06. The summed E-state index contributed by atoms with van der Waals surface area (Å²) in [6.07, 6.45) is 4.93. The number of fused-ring (bicyclic) bond motifs is 1. The molecule has 4 N–H and O–H groups in total. The van der Waals surface area contributed by atoms with E-state index >= 15 is 0 Å². The summed E-state index contributed by atoms with van der Waals surface area (Å²) in [5, 5.41) is 16.7. The SMILES string of the molecule is Cc1ccnc2c1C(=N/N=C(/N)NO)CC(c1ccco1)C2.Cl. The highest BCUT2D eigenvalue weighted by molar-refractivity contribution is 6.04. The Hall–Kier alpha value is -2.38. The molecule has 0 saturated heterocycles. The highest BCUT2D eigenvalue weighted by Gasteiger charge is 2.28. The molecule has 0 radical (unpaired) electrons. The summed E-state index contributed by atoms with van der Waals surface area (Å²) in [5.41, 5.74) is 11.0. The maximum Gasteiger partial charge on any atom is 0.237 e. The first-order chi connectivity index (χ1) is 10.7. The number of aryl methyl sites for hydroxylation is 1. The van der Waals surface area contributed by atoms with E-state index in [-0.39, 0.29) is 24.3 Å². The number of aromatic nitrogens is 1. The first-order valence-electron chi connectivity index (χ1n) is 6.97. The Bertz CT molecular complexity index is 727. The summed E-state index contributed by atoms with van der Waals surface area (Å²) >= 11 is 0. The van der Waals surface area contributed by atoms with Crippen molar-refractivity contribution < 1.29 is 9.62 Å². The average molecular weight is 336 g/mol. The molecule has 0 saturated carbocycles. The number of halogens is 1. The molecule has 23 heavy (non-hydrogen) atoms. The largest absolute Gasteiger partial charge is 0.469 e. The predicted molar refractivity (Wildman–Crippen MR) is 89.1 cm³/mol. The first-order valence-corrected chi connectivity index (χ1v) is 6.97. The van der Waals surface area contributed by atoms with Gasteiger partial charge in [-0.05, 0) is 30.7 Å². The summed E-state index contributed by atoms with van der Waals surface area (Å²) in [4.78, 5) is 4.47. The number of hydrogen-bond acceptors (Lipinski definition) is 5. The molecule has 8 heteroatoms. The van der Waals surface area contributed by atoms with Crippen LogP contribution in [0.25, 0.3) is 0 Å². The second kappa shape index (κ2) is 7.26. The number of rotatable bonds is 2. The summed E-state index contributed by atoms with van der Waals surface area (Å²) < 4.78 is 5.52. The number of nitrogens with one attached hydrogen (secondary N) is 1. The third-order valence-corrected chi connectivity index (χ3v) is 3.74. The minimum absolute atomic E-state index is 0. The lowest BCUT2D eigenvalue weighted by atomic mass is 9.82. The molecule has 1 atom stereocenters. The molecule has 0 spiro atoms. The maximum absolute atomic E-state index is 8.71. The third-order valence-electron chi connectivity index (χ3n) is 3.74. The lowest BCUT2D eigenvalue weighted by molar-refractivity contribution is 0.232. The molecule has 3 rings (SSSR count). The fraction of sp³-hybridized carbons (Fsp3) is 0.267. The summed E-state index contributed by atoms with van der Waals surface area (Å²) in [6.45, 7) is 2.01. The number of pyridine rings is 1. The van der Waals surface area contributed by atoms with Crippen LogP contribution in [0.15, 0.2) is 45.3 Å². The molecule has 1 aliphatic rings. The third kappa shape index (κ3) is 3.52. The molecule has 0 amide bonds. The Kier molecular flexibility index (Phi) is 5.36.